The number of nitrogens with one attached hydrogen (secondary N) is 3. The van der Waals surface area contributed by atoms with Gasteiger partial charge >= 0.3 is 0 Å². The lowest BCUT2D eigenvalue weighted by molar-refractivity contribution is -0.127. The summed E-state index contributed by atoms with van der Waals surface area (Å²) in [6.45, 7) is 11.8. The molecule has 3 amide bonds. The van der Waals surface area contributed by atoms with Crippen LogP contribution in [-0.4, -0.2) is 47.9 Å². The summed E-state index contributed by atoms with van der Waals surface area (Å²) in [4.78, 5) is 37.1. The van der Waals surface area contributed by atoms with E-state index in [-0.39, 0.29) is 35.2 Å². The SMILES string of the molecule is CSCCC(NC(=O)c1ccc(C(C)(C)C)cc1)C(=O)NCC(=O)NC(C)(C)C. The Morgan fingerprint density at radius 1 is 1.00 bits per heavy atom. The fraction of sp³-hybridized carbons (Fsp3) is 0.591. The molecular weight excluding hydrogens is 386 g/mol. The van der Waals surface area contributed by atoms with E-state index in [2.05, 4.69) is 36.7 Å². The van der Waals surface area contributed by atoms with Crippen LogP contribution >= 0.6 is 11.8 Å². The molecule has 1 aromatic carbocycles. The molecule has 0 aromatic heterocycles. The highest BCUT2D eigenvalue weighted by Gasteiger charge is 2.23. The van der Waals surface area contributed by atoms with Crippen LogP contribution in [0.1, 0.15) is 63.9 Å². The van der Waals surface area contributed by atoms with Crippen LogP contribution in [0.3, 0.4) is 0 Å². The summed E-state index contributed by atoms with van der Waals surface area (Å²) >= 11 is 1.60. The second kappa shape index (κ2) is 10.7. The molecule has 162 valence electrons. The molecule has 0 fully saturated rings. The van der Waals surface area contributed by atoms with E-state index in [9.17, 15) is 14.4 Å². The van der Waals surface area contributed by atoms with E-state index in [0.717, 1.165) is 11.3 Å². The molecule has 0 aliphatic rings. The number of hydrogen-bond donors (Lipinski definition) is 3. The first-order valence-corrected chi connectivity index (χ1v) is 11.2. The lowest BCUT2D eigenvalue weighted by Crippen LogP contribution is -2.51. The number of amides is 3. The van der Waals surface area contributed by atoms with E-state index in [1.807, 2.05) is 39.2 Å². The highest BCUT2D eigenvalue weighted by molar-refractivity contribution is 7.98. The zero-order valence-electron chi connectivity index (χ0n) is 18.6. The average Bonchev–Trinajstić information content (AvgIpc) is 2.61. The van der Waals surface area contributed by atoms with E-state index in [1.165, 1.54) is 0 Å². The monoisotopic (exact) mass is 421 g/mol. The van der Waals surface area contributed by atoms with Crippen LogP contribution in [0, 0.1) is 0 Å². The first-order chi connectivity index (χ1) is 13.3. The molecule has 0 heterocycles. The summed E-state index contributed by atoms with van der Waals surface area (Å²) in [5.74, 6) is -0.206. The van der Waals surface area contributed by atoms with Gasteiger partial charge in [-0.15, -0.1) is 0 Å². The number of hydrogen-bond acceptors (Lipinski definition) is 4. The minimum absolute atomic E-state index is 0.00338. The Labute approximate surface area is 179 Å². The second-order valence-corrected chi connectivity index (χ2v) is 10.1. The lowest BCUT2D eigenvalue weighted by atomic mass is 9.86. The van der Waals surface area contributed by atoms with Crippen molar-refractivity contribution in [1.29, 1.82) is 0 Å². The second-order valence-electron chi connectivity index (χ2n) is 9.15. The molecule has 0 aliphatic heterocycles. The van der Waals surface area contributed by atoms with E-state index in [0.29, 0.717) is 12.0 Å². The van der Waals surface area contributed by atoms with Gasteiger partial charge in [-0.05, 0) is 62.3 Å². The average molecular weight is 422 g/mol. The first kappa shape index (κ1) is 25.0. The minimum atomic E-state index is -0.695. The third-order valence-corrected chi connectivity index (χ3v) is 4.83. The summed E-state index contributed by atoms with van der Waals surface area (Å²) in [5.41, 5.74) is 1.28. The smallest absolute Gasteiger partial charge is 0.251 e. The predicted molar refractivity (Wildman–Crippen MR) is 120 cm³/mol. The zero-order chi connectivity index (χ0) is 22.2. The Morgan fingerprint density at radius 3 is 2.07 bits per heavy atom. The van der Waals surface area contributed by atoms with Gasteiger partial charge in [0, 0.05) is 11.1 Å². The largest absolute Gasteiger partial charge is 0.350 e. The summed E-state index contributed by atoms with van der Waals surface area (Å²) in [6.07, 6.45) is 2.43. The van der Waals surface area contributed by atoms with Crippen molar-refractivity contribution >= 4 is 29.5 Å². The Morgan fingerprint density at radius 2 is 1.59 bits per heavy atom. The molecule has 3 N–H and O–H groups in total. The number of carbonyl (C=O) groups is 3. The van der Waals surface area contributed by atoms with Gasteiger partial charge in [0.2, 0.25) is 11.8 Å². The van der Waals surface area contributed by atoms with E-state index in [4.69, 9.17) is 0 Å². The third-order valence-electron chi connectivity index (χ3n) is 4.18. The summed E-state index contributed by atoms with van der Waals surface area (Å²) < 4.78 is 0. The van der Waals surface area contributed by atoms with Crippen molar-refractivity contribution in [2.45, 2.75) is 65.0 Å². The van der Waals surface area contributed by atoms with Gasteiger partial charge in [-0.2, -0.15) is 11.8 Å². The van der Waals surface area contributed by atoms with Gasteiger partial charge in [0.15, 0.2) is 0 Å². The van der Waals surface area contributed by atoms with Crippen LogP contribution in [0.5, 0.6) is 0 Å². The number of carbonyl (C=O) groups excluding carboxylic acids is 3. The van der Waals surface area contributed by atoms with Crippen LogP contribution in [0.15, 0.2) is 24.3 Å². The molecule has 1 atom stereocenters. The predicted octanol–water partition coefficient (Wildman–Crippen LogP) is 2.87. The molecule has 1 unspecified atom stereocenters. The molecular formula is C22H35N3O3S. The summed E-state index contributed by atoms with van der Waals surface area (Å²) in [5, 5.41) is 8.22. The number of rotatable bonds is 8. The molecule has 1 rings (SSSR count). The molecule has 0 saturated heterocycles. The number of benzene rings is 1. The molecule has 0 saturated carbocycles. The molecule has 6 nitrogen and oxygen atoms in total. The molecule has 0 bridgehead atoms. The molecule has 1 aromatic rings. The van der Waals surface area contributed by atoms with E-state index >= 15 is 0 Å². The van der Waals surface area contributed by atoms with Crippen molar-refractivity contribution in [3.8, 4) is 0 Å². The standard InChI is InChI=1S/C22H35N3O3S/c1-21(2,3)16-10-8-15(9-11-16)19(27)24-17(12-13-29-7)20(28)23-14-18(26)25-22(4,5)6/h8-11,17H,12-14H2,1-7H3,(H,23,28)(H,24,27)(H,25,26). The maximum Gasteiger partial charge on any atom is 0.251 e. The van der Waals surface area contributed by atoms with Crippen molar-refractivity contribution in [2.24, 2.45) is 0 Å². The zero-order valence-corrected chi connectivity index (χ0v) is 19.5. The van der Waals surface area contributed by atoms with Crippen LogP contribution in [-0.2, 0) is 15.0 Å². The maximum atomic E-state index is 12.6. The fourth-order valence-corrected chi connectivity index (χ4v) is 3.09. The Kier molecular flexibility index (Phi) is 9.20. The van der Waals surface area contributed by atoms with Crippen molar-refractivity contribution in [1.82, 2.24) is 16.0 Å². The fourth-order valence-electron chi connectivity index (χ4n) is 2.62. The Hall–Kier alpha value is -2.02. The van der Waals surface area contributed by atoms with Gasteiger partial charge < -0.3 is 16.0 Å². The van der Waals surface area contributed by atoms with Crippen molar-refractivity contribution in [3.05, 3.63) is 35.4 Å². The van der Waals surface area contributed by atoms with Crippen LogP contribution in [0.2, 0.25) is 0 Å². The lowest BCUT2D eigenvalue weighted by Gasteiger charge is -2.22. The van der Waals surface area contributed by atoms with Gasteiger partial charge in [0.1, 0.15) is 6.04 Å². The van der Waals surface area contributed by atoms with Gasteiger partial charge in [-0.25, -0.2) is 0 Å². The topological polar surface area (TPSA) is 87.3 Å². The first-order valence-electron chi connectivity index (χ1n) is 9.82. The quantitative estimate of drug-likeness (QED) is 0.602. The van der Waals surface area contributed by atoms with Gasteiger partial charge in [0.05, 0.1) is 6.54 Å². The van der Waals surface area contributed by atoms with Crippen molar-refractivity contribution in [2.75, 3.05) is 18.6 Å². The molecule has 7 heteroatoms. The molecule has 0 aliphatic carbocycles. The van der Waals surface area contributed by atoms with Gasteiger partial charge in [0.25, 0.3) is 5.91 Å². The molecule has 0 spiro atoms. The minimum Gasteiger partial charge on any atom is -0.350 e. The molecule has 0 radical (unpaired) electrons. The normalized spacial score (nSPS) is 12.8. The van der Waals surface area contributed by atoms with Gasteiger partial charge in [-0.3, -0.25) is 14.4 Å². The highest BCUT2D eigenvalue weighted by Crippen LogP contribution is 2.22. The van der Waals surface area contributed by atoms with Crippen molar-refractivity contribution in [3.63, 3.8) is 0 Å². The van der Waals surface area contributed by atoms with Crippen molar-refractivity contribution < 1.29 is 14.4 Å². The van der Waals surface area contributed by atoms with Gasteiger partial charge in [-0.1, -0.05) is 32.9 Å². The number of thioether (sulfide) groups is 1. The van der Waals surface area contributed by atoms with Crippen LogP contribution in [0.4, 0.5) is 0 Å². The summed E-state index contributed by atoms with van der Waals surface area (Å²) in [6, 6.07) is 6.72. The highest BCUT2D eigenvalue weighted by atomic mass is 32.2. The van der Waals surface area contributed by atoms with E-state index < -0.39 is 6.04 Å². The maximum absolute atomic E-state index is 12.6. The van der Waals surface area contributed by atoms with Crippen LogP contribution in [0.25, 0.3) is 0 Å². The Bertz CT molecular complexity index is 703. The Balaban J connectivity index is 2.75. The third kappa shape index (κ3) is 9.35. The van der Waals surface area contributed by atoms with E-state index in [1.54, 1.807) is 23.9 Å². The summed E-state index contributed by atoms with van der Waals surface area (Å²) in [7, 11) is 0. The molecule has 29 heavy (non-hydrogen) atoms. The van der Waals surface area contributed by atoms with Crippen LogP contribution < -0.4 is 16.0 Å².